The van der Waals surface area contributed by atoms with E-state index in [4.69, 9.17) is 14.6 Å². The average Bonchev–Trinajstić information content (AvgIpc) is 2.78. The van der Waals surface area contributed by atoms with Crippen LogP contribution < -0.4 is 0 Å². The smallest absolute Gasteiger partial charge is 0.328 e. The summed E-state index contributed by atoms with van der Waals surface area (Å²) in [6.45, 7) is 10.4. The molecule has 2 aliphatic rings. The van der Waals surface area contributed by atoms with Gasteiger partial charge >= 0.3 is 11.9 Å². The van der Waals surface area contributed by atoms with Crippen molar-refractivity contribution in [1.29, 1.82) is 0 Å². The maximum absolute atomic E-state index is 14.0. The van der Waals surface area contributed by atoms with Gasteiger partial charge in [-0.2, -0.15) is 0 Å². The van der Waals surface area contributed by atoms with Gasteiger partial charge in [-0.1, -0.05) is 26.3 Å². The van der Waals surface area contributed by atoms with Crippen LogP contribution in [-0.2, 0) is 28.7 Å². The molecule has 37 heavy (non-hydrogen) atoms. The summed E-state index contributed by atoms with van der Waals surface area (Å²) in [5.41, 5.74) is -3.34. The van der Waals surface area contributed by atoms with Crippen LogP contribution in [-0.4, -0.2) is 63.7 Å². The van der Waals surface area contributed by atoms with Crippen LogP contribution in [0, 0.1) is 35.0 Å². The predicted octanol–water partition coefficient (Wildman–Crippen LogP) is 3.64. The number of carboxylic acid groups (broad SMARTS) is 1. The Morgan fingerprint density at radius 1 is 1.19 bits per heavy atom. The number of hydrogen-bond acceptors (Lipinski definition) is 8. The van der Waals surface area contributed by atoms with Crippen LogP contribution in [0.25, 0.3) is 0 Å². The van der Waals surface area contributed by atoms with Gasteiger partial charge in [-0.05, 0) is 57.8 Å². The van der Waals surface area contributed by atoms with E-state index < -0.39 is 52.2 Å². The Hall–Kier alpha value is -2.52. The van der Waals surface area contributed by atoms with Crippen molar-refractivity contribution in [2.24, 2.45) is 35.0 Å². The molecular formula is C28H42O9. The fourth-order valence-electron chi connectivity index (χ4n) is 7.39. The molecule has 0 spiro atoms. The van der Waals surface area contributed by atoms with Gasteiger partial charge in [-0.3, -0.25) is 14.4 Å². The van der Waals surface area contributed by atoms with Gasteiger partial charge < -0.3 is 24.8 Å². The maximum Gasteiger partial charge on any atom is 0.328 e. The number of fused-ring (bicyclic) bond motifs is 1. The summed E-state index contributed by atoms with van der Waals surface area (Å²) in [5.74, 6) is -4.74. The third-order valence-electron chi connectivity index (χ3n) is 8.65. The Balaban J connectivity index is 2.57. The van der Waals surface area contributed by atoms with Crippen LogP contribution in [0.3, 0.4) is 0 Å². The van der Waals surface area contributed by atoms with Gasteiger partial charge in [-0.15, -0.1) is 0 Å². The van der Waals surface area contributed by atoms with E-state index in [1.54, 1.807) is 20.8 Å². The quantitative estimate of drug-likeness (QED) is 0.222. The number of carbonyl (C=O) groups is 4. The molecule has 2 fully saturated rings. The highest BCUT2D eigenvalue weighted by molar-refractivity contribution is 6.00. The second-order valence-corrected chi connectivity index (χ2v) is 11.5. The molecule has 2 aliphatic carbocycles. The van der Waals surface area contributed by atoms with Crippen LogP contribution >= 0.6 is 0 Å². The molecule has 208 valence electrons. The number of ketones is 2. The van der Waals surface area contributed by atoms with Gasteiger partial charge in [0.1, 0.15) is 5.60 Å². The fourth-order valence-corrected chi connectivity index (χ4v) is 7.39. The van der Waals surface area contributed by atoms with Gasteiger partial charge in [0.2, 0.25) is 0 Å². The monoisotopic (exact) mass is 522 g/mol. The van der Waals surface area contributed by atoms with E-state index >= 15 is 0 Å². The number of rotatable bonds is 10. The number of aliphatic carboxylic acids is 1. The summed E-state index contributed by atoms with van der Waals surface area (Å²) in [5, 5.41) is 29.3. The first-order valence-corrected chi connectivity index (χ1v) is 12.8. The zero-order valence-corrected chi connectivity index (χ0v) is 22.9. The Bertz CT molecular complexity index is 965. The molecule has 0 unspecified atom stereocenters. The number of aliphatic hydroxyl groups is 2. The topological polar surface area (TPSA) is 147 Å². The van der Waals surface area contributed by atoms with Crippen LogP contribution in [0.4, 0.5) is 0 Å². The van der Waals surface area contributed by atoms with Crippen LogP contribution in [0.15, 0.2) is 24.0 Å². The van der Waals surface area contributed by atoms with E-state index in [1.807, 2.05) is 13.8 Å². The van der Waals surface area contributed by atoms with E-state index in [0.29, 0.717) is 24.7 Å². The molecule has 2 saturated carbocycles. The number of esters is 1. The summed E-state index contributed by atoms with van der Waals surface area (Å²) in [7, 11) is 1.42. The Labute approximate surface area is 218 Å². The van der Waals surface area contributed by atoms with Crippen LogP contribution in [0.1, 0.15) is 67.2 Å². The lowest BCUT2D eigenvalue weighted by Gasteiger charge is -2.62. The van der Waals surface area contributed by atoms with Crippen molar-refractivity contribution < 1.29 is 44.0 Å². The van der Waals surface area contributed by atoms with Gasteiger partial charge in [0, 0.05) is 36.5 Å². The molecule has 9 nitrogen and oxygen atoms in total. The van der Waals surface area contributed by atoms with Crippen molar-refractivity contribution in [2.75, 3.05) is 13.7 Å². The highest BCUT2D eigenvalue weighted by Gasteiger charge is 2.68. The summed E-state index contributed by atoms with van der Waals surface area (Å²) >= 11 is 0. The molecule has 0 aromatic carbocycles. The molecule has 3 N–H and O–H groups in total. The number of ether oxygens (including phenoxy) is 2. The number of carbonyl (C=O) groups excluding carboxylic acids is 3. The van der Waals surface area contributed by atoms with E-state index in [1.165, 1.54) is 14.0 Å². The van der Waals surface area contributed by atoms with Crippen LogP contribution in [0.2, 0.25) is 0 Å². The molecule has 0 aliphatic heterocycles. The lowest BCUT2D eigenvalue weighted by Crippen LogP contribution is -2.70. The summed E-state index contributed by atoms with van der Waals surface area (Å²) in [6.07, 6.45) is 3.61. The van der Waals surface area contributed by atoms with Crippen molar-refractivity contribution in [3.8, 4) is 0 Å². The highest BCUT2D eigenvalue weighted by atomic mass is 16.5. The lowest BCUT2D eigenvalue weighted by atomic mass is 9.42. The van der Waals surface area contributed by atoms with Crippen LogP contribution in [0.5, 0.6) is 0 Å². The van der Waals surface area contributed by atoms with Gasteiger partial charge in [-0.25, -0.2) is 4.79 Å². The zero-order chi connectivity index (χ0) is 28.3. The minimum absolute atomic E-state index is 0.0955. The number of carboxylic acids is 1. The molecule has 0 bridgehead atoms. The molecule has 9 heteroatoms. The zero-order valence-electron chi connectivity index (χ0n) is 22.9. The molecule has 0 amide bonds. The van der Waals surface area contributed by atoms with Crippen molar-refractivity contribution in [3.63, 3.8) is 0 Å². The fraction of sp³-hybridized carbons (Fsp3) is 0.714. The second-order valence-electron chi connectivity index (χ2n) is 11.5. The second kappa shape index (κ2) is 11.5. The van der Waals surface area contributed by atoms with Gasteiger partial charge in [0.15, 0.2) is 11.6 Å². The maximum atomic E-state index is 14.0. The van der Waals surface area contributed by atoms with Crippen molar-refractivity contribution in [2.45, 2.75) is 78.4 Å². The number of methoxy groups -OCH3 is 1. The van der Waals surface area contributed by atoms with Crippen molar-refractivity contribution >= 4 is 23.5 Å². The minimum Gasteiger partial charge on any atom is -0.515 e. The molecule has 0 heterocycles. The molecular weight excluding hydrogens is 480 g/mol. The molecule has 0 saturated heterocycles. The average molecular weight is 523 g/mol. The van der Waals surface area contributed by atoms with Crippen molar-refractivity contribution in [3.05, 3.63) is 24.0 Å². The summed E-state index contributed by atoms with van der Waals surface area (Å²) in [4.78, 5) is 51.2. The number of allylic oxidation sites excluding steroid dienone is 1. The van der Waals surface area contributed by atoms with Gasteiger partial charge in [0.25, 0.3) is 0 Å². The number of hydrogen-bond donors (Lipinski definition) is 3. The number of aliphatic hydroxyl groups excluding tert-OH is 1. The molecule has 0 radical (unpaired) electrons. The third kappa shape index (κ3) is 5.98. The van der Waals surface area contributed by atoms with Crippen molar-refractivity contribution in [1.82, 2.24) is 0 Å². The van der Waals surface area contributed by atoms with E-state index in [9.17, 15) is 29.4 Å². The molecule has 0 aromatic rings. The largest absolute Gasteiger partial charge is 0.515 e. The highest BCUT2D eigenvalue weighted by Crippen LogP contribution is 2.62. The summed E-state index contributed by atoms with van der Waals surface area (Å²) < 4.78 is 11.4. The first kappa shape index (κ1) is 30.7. The molecule has 8 atom stereocenters. The normalized spacial score (nSPS) is 37.2. The SMILES string of the molecule is CC[C@@H](COC(=O)C/C(C)=C/C(=O)O)[C@@H]1[C@](C)(C(=O)/C=C\O)[C@H]2[C@H](C)C[C@@](C)(O)C[C@@H]2C(=O)[C@@]1(C)OC. The number of Topliss-reactive ketones (excluding diaryl/α,β-unsaturated/α-hetero) is 1. The first-order chi connectivity index (χ1) is 17.1. The third-order valence-corrected chi connectivity index (χ3v) is 8.65. The lowest BCUT2D eigenvalue weighted by molar-refractivity contribution is -0.212. The first-order valence-electron chi connectivity index (χ1n) is 12.8. The van der Waals surface area contributed by atoms with Gasteiger partial charge in [0.05, 0.1) is 24.9 Å². The predicted molar refractivity (Wildman–Crippen MR) is 136 cm³/mol. The minimum atomic E-state index is -1.42. The molecule has 0 aromatic heterocycles. The summed E-state index contributed by atoms with van der Waals surface area (Å²) in [6, 6.07) is 0. The Morgan fingerprint density at radius 2 is 1.81 bits per heavy atom. The molecule has 2 rings (SSSR count). The Morgan fingerprint density at radius 3 is 2.32 bits per heavy atom. The van der Waals surface area contributed by atoms with E-state index in [2.05, 4.69) is 0 Å². The van der Waals surface area contributed by atoms with E-state index in [-0.39, 0.29) is 36.9 Å². The Kier molecular flexibility index (Phi) is 9.52. The van der Waals surface area contributed by atoms with E-state index in [0.717, 1.165) is 12.2 Å². The standard InChI is InChI=1S/C28H42O9/c1-8-18(15-37-22(33)12-16(2)11-21(31)32)24-27(5,20(30)9-10-29)23-17(3)13-26(4,35)14-19(23)25(34)28(24,6)36-7/h9-11,17-19,23-24,29,35H,8,12-15H2,1-7H3,(H,31,32)/b10-9-,16-11+/t17-,18+,19+,23+,24-,26-,27-,28+/m1/s1.